The Kier molecular flexibility index (Phi) is 6.82. The summed E-state index contributed by atoms with van der Waals surface area (Å²) < 4.78 is 1.70. The van der Waals surface area contributed by atoms with Crippen molar-refractivity contribution >= 4 is 5.91 Å². The lowest BCUT2D eigenvalue weighted by Crippen LogP contribution is -2.38. The van der Waals surface area contributed by atoms with Crippen LogP contribution in [0.1, 0.15) is 40.7 Å². The number of nitrogens with zero attached hydrogens (tertiary/aromatic N) is 1. The molecule has 0 radical (unpaired) electrons. The summed E-state index contributed by atoms with van der Waals surface area (Å²) in [6.07, 6.45) is 5.84. The Morgan fingerprint density at radius 1 is 1.26 bits per heavy atom. The molecule has 0 bridgehead atoms. The van der Waals surface area contributed by atoms with E-state index in [9.17, 15) is 9.59 Å². The largest absolute Gasteiger partial charge is 0.352 e. The maximum atomic E-state index is 12.8. The highest BCUT2D eigenvalue weighted by molar-refractivity contribution is 5.95. The summed E-state index contributed by atoms with van der Waals surface area (Å²) in [6.45, 7) is 5.04. The molecule has 144 valence electrons. The number of carbonyl (C=O) groups is 1. The van der Waals surface area contributed by atoms with E-state index in [1.54, 1.807) is 4.57 Å². The van der Waals surface area contributed by atoms with E-state index in [1.165, 1.54) is 5.56 Å². The van der Waals surface area contributed by atoms with E-state index in [2.05, 4.69) is 22.8 Å². The van der Waals surface area contributed by atoms with Gasteiger partial charge < -0.3 is 15.2 Å². The fourth-order valence-corrected chi connectivity index (χ4v) is 3.67. The van der Waals surface area contributed by atoms with Gasteiger partial charge in [-0.2, -0.15) is 0 Å². The first-order valence-electron chi connectivity index (χ1n) is 9.88. The van der Waals surface area contributed by atoms with Gasteiger partial charge in [-0.3, -0.25) is 9.59 Å². The number of benzene rings is 1. The molecule has 5 heteroatoms. The topological polar surface area (TPSA) is 63.1 Å². The van der Waals surface area contributed by atoms with Gasteiger partial charge in [-0.1, -0.05) is 30.3 Å². The van der Waals surface area contributed by atoms with Crippen molar-refractivity contribution in [2.45, 2.75) is 39.2 Å². The predicted molar refractivity (Wildman–Crippen MR) is 108 cm³/mol. The number of nitrogens with one attached hydrogen (secondary N) is 2. The Bertz CT molecular complexity index is 808. The average Bonchev–Trinajstić information content (AvgIpc) is 2.69. The van der Waals surface area contributed by atoms with Gasteiger partial charge >= 0.3 is 0 Å². The molecule has 1 aromatic carbocycles. The normalized spacial score (nSPS) is 16.9. The average molecular weight is 367 g/mol. The van der Waals surface area contributed by atoms with E-state index in [4.69, 9.17) is 0 Å². The molecule has 1 fully saturated rings. The fraction of sp³-hybridized carbons (Fsp3) is 0.455. The third kappa shape index (κ3) is 5.30. The number of hydrogen-bond donors (Lipinski definition) is 2. The van der Waals surface area contributed by atoms with E-state index in [1.807, 2.05) is 37.4 Å². The van der Waals surface area contributed by atoms with E-state index in [0.717, 1.165) is 44.3 Å². The molecule has 0 saturated carbocycles. The standard InChI is InChI=1S/C22H29N3O2/c1-17-11-14-25(16-19-10-5-12-23-15-19)22(27)20(17)21(26)24-13-6-9-18-7-3-2-4-8-18/h2-4,7-8,11,14,19,23H,5-6,9-10,12-13,15-16H2,1H3,(H,24,26). The Hall–Kier alpha value is -2.40. The van der Waals surface area contributed by atoms with Gasteiger partial charge in [0.05, 0.1) is 0 Å². The van der Waals surface area contributed by atoms with Crippen molar-refractivity contribution in [1.29, 1.82) is 0 Å². The van der Waals surface area contributed by atoms with Gasteiger partial charge in [0.1, 0.15) is 5.56 Å². The maximum Gasteiger partial charge on any atom is 0.263 e. The van der Waals surface area contributed by atoms with Gasteiger partial charge in [0.25, 0.3) is 11.5 Å². The minimum Gasteiger partial charge on any atom is -0.352 e. The van der Waals surface area contributed by atoms with E-state index < -0.39 is 0 Å². The smallest absolute Gasteiger partial charge is 0.263 e. The number of rotatable bonds is 7. The second-order valence-corrected chi connectivity index (χ2v) is 7.39. The number of aryl methyl sites for hydroxylation is 2. The lowest BCUT2D eigenvalue weighted by Gasteiger charge is -2.23. The molecule has 2 aromatic rings. The Labute approximate surface area is 160 Å². The van der Waals surface area contributed by atoms with Crippen molar-refractivity contribution in [1.82, 2.24) is 15.2 Å². The molecule has 1 atom stereocenters. The van der Waals surface area contributed by atoms with Crippen molar-refractivity contribution in [3.8, 4) is 0 Å². The molecule has 1 unspecified atom stereocenters. The van der Waals surface area contributed by atoms with Crippen LogP contribution in [-0.4, -0.2) is 30.1 Å². The van der Waals surface area contributed by atoms with Gasteiger partial charge in [0.15, 0.2) is 0 Å². The first kappa shape index (κ1) is 19.4. The molecular weight excluding hydrogens is 338 g/mol. The molecule has 2 heterocycles. The van der Waals surface area contributed by atoms with Crippen molar-refractivity contribution in [3.05, 3.63) is 69.6 Å². The maximum absolute atomic E-state index is 12.8. The van der Waals surface area contributed by atoms with E-state index >= 15 is 0 Å². The van der Waals surface area contributed by atoms with Crippen LogP contribution in [0, 0.1) is 12.8 Å². The summed E-state index contributed by atoms with van der Waals surface area (Å²) in [5.74, 6) is 0.183. The van der Waals surface area contributed by atoms with Crippen LogP contribution in [0.5, 0.6) is 0 Å². The molecule has 0 spiro atoms. The monoisotopic (exact) mass is 367 g/mol. The summed E-state index contributed by atoms with van der Waals surface area (Å²) in [5, 5.41) is 6.29. The summed E-state index contributed by atoms with van der Waals surface area (Å²) in [4.78, 5) is 25.4. The lowest BCUT2D eigenvalue weighted by molar-refractivity contribution is 0.0950. The van der Waals surface area contributed by atoms with Crippen LogP contribution in [-0.2, 0) is 13.0 Å². The fourth-order valence-electron chi connectivity index (χ4n) is 3.67. The van der Waals surface area contributed by atoms with E-state index in [-0.39, 0.29) is 17.0 Å². The third-order valence-corrected chi connectivity index (χ3v) is 5.23. The van der Waals surface area contributed by atoms with Crippen molar-refractivity contribution in [2.75, 3.05) is 19.6 Å². The highest BCUT2D eigenvalue weighted by Crippen LogP contribution is 2.12. The first-order valence-corrected chi connectivity index (χ1v) is 9.88. The Morgan fingerprint density at radius 3 is 2.81 bits per heavy atom. The van der Waals surface area contributed by atoms with Gasteiger partial charge in [0.2, 0.25) is 0 Å². The molecule has 3 rings (SSSR count). The van der Waals surface area contributed by atoms with Crippen LogP contribution in [0.3, 0.4) is 0 Å². The minimum absolute atomic E-state index is 0.180. The summed E-state index contributed by atoms with van der Waals surface area (Å²) >= 11 is 0. The van der Waals surface area contributed by atoms with Crippen LogP contribution in [0.15, 0.2) is 47.4 Å². The number of pyridine rings is 1. The number of piperidine rings is 1. The van der Waals surface area contributed by atoms with Crippen LogP contribution >= 0.6 is 0 Å². The van der Waals surface area contributed by atoms with Crippen LogP contribution in [0.4, 0.5) is 0 Å². The number of hydrogen-bond acceptors (Lipinski definition) is 3. The molecule has 0 aliphatic carbocycles. The number of aromatic nitrogens is 1. The van der Waals surface area contributed by atoms with Gasteiger partial charge in [-0.05, 0) is 68.8 Å². The van der Waals surface area contributed by atoms with Crippen molar-refractivity contribution < 1.29 is 4.79 Å². The lowest BCUT2D eigenvalue weighted by atomic mass is 9.99. The van der Waals surface area contributed by atoms with Gasteiger partial charge in [0, 0.05) is 19.3 Å². The van der Waals surface area contributed by atoms with Crippen LogP contribution < -0.4 is 16.2 Å². The Morgan fingerprint density at radius 2 is 2.07 bits per heavy atom. The van der Waals surface area contributed by atoms with Gasteiger partial charge in [-0.15, -0.1) is 0 Å². The molecule has 5 nitrogen and oxygen atoms in total. The molecule has 1 aromatic heterocycles. The molecule has 1 amide bonds. The Balaban J connectivity index is 1.59. The zero-order valence-corrected chi connectivity index (χ0v) is 16.0. The second kappa shape index (κ2) is 9.51. The van der Waals surface area contributed by atoms with Crippen LogP contribution in [0.25, 0.3) is 0 Å². The molecular formula is C22H29N3O2. The van der Waals surface area contributed by atoms with E-state index in [0.29, 0.717) is 19.0 Å². The highest BCUT2D eigenvalue weighted by atomic mass is 16.2. The predicted octanol–water partition coefficient (Wildman–Crippen LogP) is 2.52. The summed E-state index contributed by atoms with van der Waals surface area (Å²) in [6, 6.07) is 12.1. The molecule has 1 aliphatic heterocycles. The molecule has 1 aliphatic rings. The summed E-state index contributed by atoms with van der Waals surface area (Å²) in [5.41, 5.74) is 2.09. The molecule has 1 saturated heterocycles. The number of carbonyl (C=O) groups excluding carboxylic acids is 1. The molecule has 2 N–H and O–H groups in total. The highest BCUT2D eigenvalue weighted by Gasteiger charge is 2.18. The first-order chi connectivity index (χ1) is 13.1. The quantitative estimate of drug-likeness (QED) is 0.739. The second-order valence-electron chi connectivity index (χ2n) is 7.39. The van der Waals surface area contributed by atoms with Gasteiger partial charge in [-0.25, -0.2) is 0 Å². The SMILES string of the molecule is Cc1ccn(CC2CCCNC2)c(=O)c1C(=O)NCCCc1ccccc1. The number of amides is 1. The van der Waals surface area contributed by atoms with Crippen molar-refractivity contribution in [3.63, 3.8) is 0 Å². The minimum atomic E-state index is -0.262. The zero-order chi connectivity index (χ0) is 19.1. The molecule has 27 heavy (non-hydrogen) atoms. The van der Waals surface area contributed by atoms with Crippen LogP contribution in [0.2, 0.25) is 0 Å². The third-order valence-electron chi connectivity index (χ3n) is 5.23. The zero-order valence-electron chi connectivity index (χ0n) is 16.0. The summed E-state index contributed by atoms with van der Waals surface area (Å²) in [7, 11) is 0. The van der Waals surface area contributed by atoms with Crippen molar-refractivity contribution in [2.24, 2.45) is 5.92 Å².